The predicted octanol–water partition coefficient (Wildman–Crippen LogP) is 3.00. The number of hydrazone groups is 1. The number of ether oxygens (including phenoxy) is 2. The van der Waals surface area contributed by atoms with Gasteiger partial charge in [0.1, 0.15) is 17.2 Å². The SMILES string of the molecule is COc1ccc(OCC(=O)N/N=C/c2ccc(C)cc2O)c(Br)c1. The molecule has 0 aliphatic heterocycles. The molecule has 0 aliphatic carbocycles. The molecule has 0 aromatic heterocycles. The lowest BCUT2D eigenvalue weighted by Crippen LogP contribution is -2.24. The highest BCUT2D eigenvalue weighted by Crippen LogP contribution is 2.28. The Labute approximate surface area is 148 Å². The van der Waals surface area contributed by atoms with Crippen LogP contribution in [0.5, 0.6) is 17.2 Å². The zero-order chi connectivity index (χ0) is 17.5. The number of rotatable bonds is 6. The number of carbonyl (C=O) groups excluding carboxylic acids is 1. The van der Waals surface area contributed by atoms with Crippen LogP contribution < -0.4 is 14.9 Å². The maximum atomic E-state index is 11.7. The molecule has 0 radical (unpaired) electrons. The molecule has 0 aliphatic rings. The van der Waals surface area contributed by atoms with Crippen LogP contribution in [0.15, 0.2) is 46.0 Å². The number of halogens is 1. The van der Waals surface area contributed by atoms with Crippen molar-refractivity contribution >= 4 is 28.1 Å². The van der Waals surface area contributed by atoms with Gasteiger partial charge in [-0.25, -0.2) is 5.43 Å². The number of hydrogen-bond acceptors (Lipinski definition) is 5. The highest BCUT2D eigenvalue weighted by atomic mass is 79.9. The maximum absolute atomic E-state index is 11.7. The first-order valence-corrected chi connectivity index (χ1v) is 7.86. The molecule has 0 atom stereocenters. The summed E-state index contributed by atoms with van der Waals surface area (Å²) in [6, 6.07) is 10.3. The number of nitrogens with one attached hydrogen (secondary N) is 1. The summed E-state index contributed by atoms with van der Waals surface area (Å²) < 4.78 is 11.2. The summed E-state index contributed by atoms with van der Waals surface area (Å²) in [5.74, 6) is 0.888. The molecular weight excluding hydrogens is 376 g/mol. The Bertz CT molecular complexity index is 762. The van der Waals surface area contributed by atoms with Crippen LogP contribution in [-0.2, 0) is 4.79 Å². The second-order valence-electron chi connectivity index (χ2n) is 4.94. The van der Waals surface area contributed by atoms with Crippen molar-refractivity contribution in [2.24, 2.45) is 5.10 Å². The van der Waals surface area contributed by atoms with Gasteiger partial charge in [-0.05, 0) is 58.7 Å². The fourth-order valence-corrected chi connectivity index (χ4v) is 2.31. The van der Waals surface area contributed by atoms with Gasteiger partial charge >= 0.3 is 0 Å². The maximum Gasteiger partial charge on any atom is 0.277 e. The number of aryl methyl sites for hydroxylation is 1. The summed E-state index contributed by atoms with van der Waals surface area (Å²) in [7, 11) is 1.57. The number of amides is 1. The fraction of sp³-hybridized carbons (Fsp3) is 0.176. The van der Waals surface area contributed by atoms with Gasteiger partial charge in [0.2, 0.25) is 0 Å². The van der Waals surface area contributed by atoms with E-state index in [1.165, 1.54) is 6.21 Å². The van der Waals surface area contributed by atoms with Crippen LogP contribution in [0.25, 0.3) is 0 Å². The van der Waals surface area contributed by atoms with Crippen LogP contribution in [0.3, 0.4) is 0 Å². The van der Waals surface area contributed by atoms with Crippen molar-refractivity contribution in [3.63, 3.8) is 0 Å². The van der Waals surface area contributed by atoms with Crippen LogP contribution >= 0.6 is 15.9 Å². The lowest BCUT2D eigenvalue weighted by molar-refractivity contribution is -0.123. The zero-order valence-corrected chi connectivity index (χ0v) is 14.8. The largest absolute Gasteiger partial charge is 0.507 e. The van der Waals surface area contributed by atoms with E-state index in [2.05, 4.69) is 26.5 Å². The molecule has 2 aromatic rings. The number of phenols is 1. The standard InChI is InChI=1S/C17H17BrN2O4/c1-11-3-4-12(15(21)7-11)9-19-20-17(22)10-24-16-6-5-13(23-2)8-14(16)18/h3-9,21H,10H2,1-2H3,(H,20,22)/b19-9+. The molecule has 2 rings (SSSR count). The summed E-state index contributed by atoms with van der Waals surface area (Å²) in [5.41, 5.74) is 3.79. The van der Waals surface area contributed by atoms with E-state index in [-0.39, 0.29) is 12.4 Å². The molecule has 1 amide bonds. The van der Waals surface area contributed by atoms with E-state index in [0.717, 1.165) is 5.56 Å². The van der Waals surface area contributed by atoms with Gasteiger partial charge in [0.05, 0.1) is 17.8 Å². The number of methoxy groups -OCH3 is 1. The summed E-state index contributed by atoms with van der Waals surface area (Å²) in [5, 5.41) is 13.5. The van der Waals surface area contributed by atoms with E-state index in [4.69, 9.17) is 9.47 Å². The van der Waals surface area contributed by atoms with Crippen LogP contribution in [0.4, 0.5) is 0 Å². The second kappa shape index (κ2) is 8.35. The fourth-order valence-electron chi connectivity index (χ4n) is 1.84. The van der Waals surface area contributed by atoms with Gasteiger partial charge in [-0.2, -0.15) is 5.10 Å². The number of aromatic hydroxyl groups is 1. The Hall–Kier alpha value is -2.54. The van der Waals surface area contributed by atoms with Crippen molar-refractivity contribution in [3.05, 3.63) is 52.0 Å². The molecule has 0 heterocycles. The molecule has 0 fully saturated rings. The Balaban J connectivity index is 1.86. The van der Waals surface area contributed by atoms with Gasteiger partial charge in [-0.15, -0.1) is 0 Å². The molecule has 0 bridgehead atoms. The minimum atomic E-state index is -0.416. The number of nitrogens with zero attached hydrogens (tertiary/aromatic N) is 1. The van der Waals surface area contributed by atoms with Crippen LogP contribution in [0.2, 0.25) is 0 Å². The minimum absolute atomic E-state index is 0.103. The Kier molecular flexibility index (Phi) is 6.20. The Morgan fingerprint density at radius 2 is 2.12 bits per heavy atom. The third kappa shape index (κ3) is 4.99. The number of hydrogen-bond donors (Lipinski definition) is 2. The van der Waals surface area contributed by atoms with Crippen molar-refractivity contribution in [2.45, 2.75) is 6.92 Å². The van der Waals surface area contributed by atoms with Gasteiger partial charge in [-0.1, -0.05) is 6.07 Å². The van der Waals surface area contributed by atoms with Crippen LogP contribution in [-0.4, -0.2) is 30.9 Å². The minimum Gasteiger partial charge on any atom is -0.507 e. The summed E-state index contributed by atoms with van der Waals surface area (Å²) in [6.07, 6.45) is 1.37. The summed E-state index contributed by atoms with van der Waals surface area (Å²) >= 11 is 3.34. The first-order chi connectivity index (χ1) is 11.5. The monoisotopic (exact) mass is 392 g/mol. The smallest absolute Gasteiger partial charge is 0.277 e. The van der Waals surface area contributed by atoms with Crippen molar-refractivity contribution < 1.29 is 19.4 Å². The van der Waals surface area contributed by atoms with E-state index in [1.54, 1.807) is 37.4 Å². The van der Waals surface area contributed by atoms with E-state index >= 15 is 0 Å². The summed E-state index contributed by atoms with van der Waals surface area (Å²) in [6.45, 7) is 1.68. The molecule has 0 saturated carbocycles. The third-order valence-corrected chi connectivity index (χ3v) is 3.70. The van der Waals surface area contributed by atoms with Crippen LogP contribution in [0.1, 0.15) is 11.1 Å². The molecule has 126 valence electrons. The van der Waals surface area contributed by atoms with Gasteiger partial charge in [0, 0.05) is 5.56 Å². The van der Waals surface area contributed by atoms with Crippen molar-refractivity contribution in [2.75, 3.05) is 13.7 Å². The quantitative estimate of drug-likeness (QED) is 0.584. The van der Waals surface area contributed by atoms with Gasteiger partial charge < -0.3 is 14.6 Å². The highest BCUT2D eigenvalue weighted by molar-refractivity contribution is 9.10. The molecule has 2 aromatic carbocycles. The lowest BCUT2D eigenvalue weighted by Gasteiger charge is -2.08. The molecule has 0 saturated heterocycles. The molecule has 7 heteroatoms. The average Bonchev–Trinajstić information content (AvgIpc) is 2.55. The number of phenolic OH excluding ortho intramolecular Hbond substituents is 1. The molecule has 2 N–H and O–H groups in total. The zero-order valence-electron chi connectivity index (χ0n) is 13.2. The normalized spacial score (nSPS) is 10.6. The van der Waals surface area contributed by atoms with Gasteiger partial charge in [0.15, 0.2) is 6.61 Å². The predicted molar refractivity (Wildman–Crippen MR) is 94.8 cm³/mol. The van der Waals surface area contributed by atoms with E-state index < -0.39 is 5.91 Å². The van der Waals surface area contributed by atoms with Crippen molar-refractivity contribution in [1.82, 2.24) is 5.43 Å². The van der Waals surface area contributed by atoms with Gasteiger partial charge in [-0.3, -0.25) is 4.79 Å². The molecular formula is C17H17BrN2O4. The molecule has 0 spiro atoms. The molecule has 6 nitrogen and oxygen atoms in total. The van der Waals surface area contributed by atoms with E-state index in [0.29, 0.717) is 21.5 Å². The first-order valence-electron chi connectivity index (χ1n) is 7.07. The van der Waals surface area contributed by atoms with Crippen LogP contribution in [0, 0.1) is 6.92 Å². The van der Waals surface area contributed by atoms with Crippen molar-refractivity contribution in [1.29, 1.82) is 0 Å². The summed E-state index contributed by atoms with van der Waals surface area (Å²) in [4.78, 5) is 11.7. The third-order valence-electron chi connectivity index (χ3n) is 3.08. The first kappa shape index (κ1) is 17.8. The van der Waals surface area contributed by atoms with E-state index in [1.807, 2.05) is 13.0 Å². The number of benzene rings is 2. The van der Waals surface area contributed by atoms with E-state index in [9.17, 15) is 9.90 Å². The highest BCUT2D eigenvalue weighted by Gasteiger charge is 2.06. The number of carbonyl (C=O) groups is 1. The molecule has 24 heavy (non-hydrogen) atoms. The average molecular weight is 393 g/mol. The lowest BCUT2D eigenvalue weighted by atomic mass is 10.1. The second-order valence-corrected chi connectivity index (χ2v) is 5.79. The topological polar surface area (TPSA) is 80.2 Å². The Morgan fingerprint density at radius 3 is 2.79 bits per heavy atom. The van der Waals surface area contributed by atoms with Gasteiger partial charge in [0.25, 0.3) is 5.91 Å². The Morgan fingerprint density at radius 1 is 1.33 bits per heavy atom. The van der Waals surface area contributed by atoms with Crippen molar-refractivity contribution in [3.8, 4) is 17.2 Å². The molecule has 0 unspecified atom stereocenters.